The standard InChI is InChI=1S/C6H5Cl.2ClH.H4N2/c7-6-4-2-1-3-5-6;;;1-2/h1-5H;2*1H;1-2H2. The van der Waals surface area contributed by atoms with Gasteiger partial charge in [-0.05, 0) is 12.1 Å². The molecule has 1 aromatic rings. The van der Waals surface area contributed by atoms with Crippen LogP contribution >= 0.6 is 36.4 Å². The van der Waals surface area contributed by atoms with E-state index in [0.29, 0.717) is 0 Å². The van der Waals surface area contributed by atoms with Gasteiger partial charge in [0.1, 0.15) is 0 Å². The molecular formula is C6H11Cl3N2. The van der Waals surface area contributed by atoms with Crippen molar-refractivity contribution in [2.45, 2.75) is 0 Å². The van der Waals surface area contributed by atoms with E-state index in [4.69, 9.17) is 11.6 Å². The van der Waals surface area contributed by atoms with E-state index in [1.54, 1.807) is 0 Å². The Balaban J connectivity index is -0.000000149. The average molecular weight is 218 g/mol. The van der Waals surface area contributed by atoms with Gasteiger partial charge < -0.3 is 0 Å². The van der Waals surface area contributed by atoms with Gasteiger partial charge in [0.25, 0.3) is 0 Å². The van der Waals surface area contributed by atoms with Crippen LogP contribution in [0.2, 0.25) is 5.02 Å². The SMILES string of the molecule is Cl.Cl.Clc1ccccc1.NN. The van der Waals surface area contributed by atoms with Crippen molar-refractivity contribution < 1.29 is 0 Å². The molecule has 0 amide bonds. The molecule has 0 atom stereocenters. The number of rotatable bonds is 0. The predicted octanol–water partition coefficient (Wildman–Crippen LogP) is 2.00. The molecule has 1 rings (SSSR count). The highest BCUT2D eigenvalue weighted by Gasteiger charge is 1.74. The molecule has 0 saturated heterocycles. The summed E-state index contributed by atoms with van der Waals surface area (Å²) in [5.41, 5.74) is 0. The largest absolute Gasteiger partial charge is 0.274 e. The van der Waals surface area contributed by atoms with Crippen LogP contribution in [0, 0.1) is 0 Å². The van der Waals surface area contributed by atoms with Crippen LogP contribution in [-0.2, 0) is 0 Å². The highest BCUT2D eigenvalue weighted by atomic mass is 35.5. The van der Waals surface area contributed by atoms with Gasteiger partial charge in [-0.15, -0.1) is 24.8 Å². The maximum absolute atomic E-state index is 5.54. The topological polar surface area (TPSA) is 52.0 Å². The zero-order valence-corrected chi connectivity index (χ0v) is 8.12. The number of hydrogen-bond acceptors (Lipinski definition) is 2. The normalized spacial score (nSPS) is 6.09. The summed E-state index contributed by atoms with van der Waals surface area (Å²) in [6.07, 6.45) is 0. The molecule has 66 valence electrons. The molecule has 0 heterocycles. The van der Waals surface area contributed by atoms with E-state index in [-0.39, 0.29) is 24.8 Å². The summed E-state index contributed by atoms with van der Waals surface area (Å²) < 4.78 is 0. The van der Waals surface area contributed by atoms with Crippen LogP contribution < -0.4 is 11.7 Å². The van der Waals surface area contributed by atoms with Gasteiger partial charge in [-0.25, -0.2) is 0 Å². The number of hydrogen-bond donors (Lipinski definition) is 2. The van der Waals surface area contributed by atoms with E-state index in [9.17, 15) is 0 Å². The minimum atomic E-state index is 0. The second kappa shape index (κ2) is 12.7. The third kappa shape index (κ3) is 10.0. The van der Waals surface area contributed by atoms with Crippen molar-refractivity contribution in [3.05, 3.63) is 35.4 Å². The smallest absolute Gasteiger partial charge is 0.0405 e. The zero-order chi connectivity index (χ0) is 7.11. The fourth-order valence-corrected chi connectivity index (χ4v) is 0.560. The van der Waals surface area contributed by atoms with Crippen molar-refractivity contribution in [2.75, 3.05) is 0 Å². The van der Waals surface area contributed by atoms with Crippen LogP contribution in [-0.4, -0.2) is 0 Å². The van der Waals surface area contributed by atoms with E-state index >= 15 is 0 Å². The first-order valence-corrected chi connectivity index (χ1v) is 2.81. The van der Waals surface area contributed by atoms with Gasteiger partial charge in [-0.3, -0.25) is 11.7 Å². The van der Waals surface area contributed by atoms with E-state index in [1.807, 2.05) is 30.3 Å². The van der Waals surface area contributed by atoms with Gasteiger partial charge in [-0.1, -0.05) is 29.8 Å². The average Bonchev–Trinajstić information content (AvgIpc) is 1.94. The van der Waals surface area contributed by atoms with E-state index in [1.165, 1.54) is 0 Å². The van der Waals surface area contributed by atoms with Crippen molar-refractivity contribution in [3.63, 3.8) is 0 Å². The minimum absolute atomic E-state index is 0. The lowest BCUT2D eigenvalue weighted by molar-refractivity contribution is 1.26. The molecule has 0 aliphatic carbocycles. The second-order valence-corrected chi connectivity index (χ2v) is 1.73. The molecule has 0 spiro atoms. The Hall–Kier alpha value is 0.01000. The van der Waals surface area contributed by atoms with E-state index in [0.717, 1.165) is 5.02 Å². The molecule has 0 aliphatic rings. The number of nitrogens with two attached hydrogens (primary N) is 2. The fourth-order valence-electron chi connectivity index (χ4n) is 0.415. The molecule has 2 nitrogen and oxygen atoms in total. The molecular weight excluding hydrogens is 206 g/mol. The molecule has 11 heavy (non-hydrogen) atoms. The van der Waals surface area contributed by atoms with Gasteiger partial charge in [0.2, 0.25) is 0 Å². The lowest BCUT2D eigenvalue weighted by Crippen LogP contribution is -2.02. The molecule has 0 aromatic heterocycles. The molecule has 4 N–H and O–H groups in total. The van der Waals surface area contributed by atoms with Gasteiger partial charge in [-0.2, -0.15) is 0 Å². The van der Waals surface area contributed by atoms with Crippen molar-refractivity contribution in [1.82, 2.24) is 0 Å². The quantitative estimate of drug-likeness (QED) is 0.516. The van der Waals surface area contributed by atoms with Crippen LogP contribution in [0.5, 0.6) is 0 Å². The first kappa shape index (κ1) is 17.2. The summed E-state index contributed by atoms with van der Waals surface area (Å²) in [7, 11) is 0. The third-order valence-corrected chi connectivity index (χ3v) is 0.985. The third-order valence-electron chi connectivity index (χ3n) is 0.733. The number of hydrazine groups is 1. The van der Waals surface area contributed by atoms with Gasteiger partial charge >= 0.3 is 0 Å². The van der Waals surface area contributed by atoms with Crippen molar-refractivity contribution in [2.24, 2.45) is 11.7 Å². The summed E-state index contributed by atoms with van der Waals surface area (Å²) in [6, 6.07) is 9.44. The van der Waals surface area contributed by atoms with E-state index in [2.05, 4.69) is 11.7 Å². The molecule has 5 heteroatoms. The molecule has 0 unspecified atom stereocenters. The number of halogens is 3. The number of benzene rings is 1. The Bertz CT molecular complexity index is 146. The summed E-state index contributed by atoms with van der Waals surface area (Å²) in [4.78, 5) is 0. The van der Waals surface area contributed by atoms with Crippen LogP contribution in [0.4, 0.5) is 0 Å². The Labute approximate surface area is 83.7 Å². The van der Waals surface area contributed by atoms with Crippen LogP contribution in [0.15, 0.2) is 30.3 Å². The summed E-state index contributed by atoms with van der Waals surface area (Å²) in [6.45, 7) is 0. The van der Waals surface area contributed by atoms with Crippen LogP contribution in [0.25, 0.3) is 0 Å². The molecule has 0 aliphatic heterocycles. The van der Waals surface area contributed by atoms with Gasteiger partial charge in [0.05, 0.1) is 0 Å². The zero-order valence-electron chi connectivity index (χ0n) is 5.74. The predicted molar refractivity (Wildman–Crippen MR) is 54.3 cm³/mol. The van der Waals surface area contributed by atoms with Crippen LogP contribution in [0.1, 0.15) is 0 Å². The lowest BCUT2D eigenvalue weighted by Gasteiger charge is -1.80. The monoisotopic (exact) mass is 216 g/mol. The molecule has 0 fully saturated rings. The second-order valence-electron chi connectivity index (χ2n) is 1.30. The molecule has 0 radical (unpaired) electrons. The Morgan fingerprint density at radius 3 is 1.45 bits per heavy atom. The summed E-state index contributed by atoms with van der Waals surface area (Å²) in [5.74, 6) is 8.00. The van der Waals surface area contributed by atoms with Gasteiger partial charge in [0.15, 0.2) is 0 Å². The van der Waals surface area contributed by atoms with E-state index < -0.39 is 0 Å². The summed E-state index contributed by atoms with van der Waals surface area (Å²) >= 11 is 5.54. The van der Waals surface area contributed by atoms with Crippen molar-refractivity contribution >= 4 is 36.4 Å². The minimum Gasteiger partial charge on any atom is -0.274 e. The van der Waals surface area contributed by atoms with Crippen molar-refractivity contribution in [1.29, 1.82) is 0 Å². The highest BCUT2D eigenvalue weighted by Crippen LogP contribution is 2.03. The van der Waals surface area contributed by atoms with Crippen molar-refractivity contribution in [3.8, 4) is 0 Å². The maximum atomic E-state index is 5.54. The highest BCUT2D eigenvalue weighted by molar-refractivity contribution is 6.30. The Morgan fingerprint density at radius 1 is 0.909 bits per heavy atom. The molecule has 0 bridgehead atoms. The molecule has 0 saturated carbocycles. The fraction of sp³-hybridized carbons (Fsp3) is 0. The lowest BCUT2D eigenvalue weighted by atomic mass is 10.4. The first-order valence-electron chi connectivity index (χ1n) is 2.43. The Morgan fingerprint density at radius 2 is 1.27 bits per heavy atom. The van der Waals surface area contributed by atoms with Gasteiger partial charge in [0, 0.05) is 5.02 Å². The van der Waals surface area contributed by atoms with Crippen LogP contribution in [0.3, 0.4) is 0 Å². The Kier molecular flexibility index (Phi) is 19.8. The maximum Gasteiger partial charge on any atom is 0.0405 e. The molecule has 1 aromatic carbocycles. The first-order chi connectivity index (χ1) is 4.39. The summed E-state index contributed by atoms with van der Waals surface area (Å²) in [5, 5.41) is 0.794.